The van der Waals surface area contributed by atoms with Gasteiger partial charge >= 0.3 is 5.97 Å². The molecule has 26 heavy (non-hydrogen) atoms. The van der Waals surface area contributed by atoms with Gasteiger partial charge in [-0.15, -0.1) is 0 Å². The normalized spacial score (nSPS) is 10.2. The Hall–Kier alpha value is -2.35. The van der Waals surface area contributed by atoms with Crippen molar-refractivity contribution < 1.29 is 19.4 Å². The van der Waals surface area contributed by atoms with E-state index in [9.17, 15) is 9.59 Å². The lowest BCUT2D eigenvalue weighted by Gasteiger charge is -2.14. The van der Waals surface area contributed by atoms with Gasteiger partial charge < -0.3 is 15.2 Å². The average Bonchev–Trinajstić information content (AvgIpc) is 2.55. The van der Waals surface area contributed by atoms with Gasteiger partial charge in [0.05, 0.1) is 23.3 Å². The molecule has 0 aliphatic carbocycles. The molecule has 2 aromatic carbocycles. The van der Waals surface area contributed by atoms with E-state index < -0.39 is 11.9 Å². The van der Waals surface area contributed by atoms with E-state index >= 15 is 0 Å². The molecule has 0 aliphatic heterocycles. The molecule has 0 saturated heterocycles. The topological polar surface area (TPSA) is 87.7 Å². The van der Waals surface area contributed by atoms with E-state index in [1.54, 1.807) is 13.0 Å². The molecular formula is C17H14Cl2N2O4S. The lowest BCUT2D eigenvalue weighted by atomic mass is 10.1. The number of rotatable bonds is 4. The van der Waals surface area contributed by atoms with E-state index in [4.69, 9.17) is 45.3 Å². The third-order valence-corrected chi connectivity index (χ3v) is 4.12. The number of benzene rings is 2. The number of methoxy groups -OCH3 is 1. The lowest BCUT2D eigenvalue weighted by molar-refractivity contribution is 0.0696. The zero-order valence-corrected chi connectivity index (χ0v) is 16.1. The Morgan fingerprint density at radius 1 is 1.19 bits per heavy atom. The molecule has 0 aromatic heterocycles. The minimum atomic E-state index is -1.07. The predicted molar refractivity (Wildman–Crippen MR) is 105 cm³/mol. The summed E-state index contributed by atoms with van der Waals surface area (Å²) in [7, 11) is 1.38. The maximum absolute atomic E-state index is 12.5. The van der Waals surface area contributed by atoms with Crippen molar-refractivity contribution in [2.75, 3.05) is 12.4 Å². The Kier molecular flexibility index (Phi) is 6.42. The van der Waals surface area contributed by atoms with Crippen molar-refractivity contribution in [2.24, 2.45) is 0 Å². The molecule has 3 N–H and O–H groups in total. The van der Waals surface area contributed by atoms with Crippen LogP contribution in [-0.4, -0.2) is 29.2 Å². The minimum Gasteiger partial charge on any atom is -0.494 e. The van der Waals surface area contributed by atoms with E-state index in [1.807, 2.05) is 0 Å². The average molecular weight is 413 g/mol. The van der Waals surface area contributed by atoms with Crippen LogP contribution < -0.4 is 15.4 Å². The van der Waals surface area contributed by atoms with Gasteiger partial charge in [-0.2, -0.15) is 0 Å². The molecule has 0 saturated carbocycles. The molecule has 0 spiro atoms. The summed E-state index contributed by atoms with van der Waals surface area (Å²) in [6.45, 7) is 1.78. The standard InChI is InChI=1S/C17H14Cl2N2O4S/c1-8-3-4-9(16(23)24)5-13(8)20-17(26)21-15(22)11-6-10(18)7-12(19)14(11)25-2/h3-7H,1-2H3,(H,23,24)(H2,20,21,22,26). The molecular weight excluding hydrogens is 399 g/mol. The van der Waals surface area contributed by atoms with Gasteiger partial charge in [0.2, 0.25) is 0 Å². The summed E-state index contributed by atoms with van der Waals surface area (Å²) in [5.74, 6) is -1.47. The van der Waals surface area contributed by atoms with Crippen LogP contribution in [-0.2, 0) is 0 Å². The maximum Gasteiger partial charge on any atom is 0.335 e. The monoisotopic (exact) mass is 412 g/mol. The first-order valence-corrected chi connectivity index (χ1v) is 8.38. The van der Waals surface area contributed by atoms with Crippen molar-refractivity contribution in [2.45, 2.75) is 6.92 Å². The molecule has 6 nitrogen and oxygen atoms in total. The fourth-order valence-corrected chi connectivity index (χ4v) is 2.92. The number of nitrogens with one attached hydrogen (secondary N) is 2. The molecule has 0 unspecified atom stereocenters. The summed E-state index contributed by atoms with van der Waals surface area (Å²) < 4.78 is 5.13. The van der Waals surface area contributed by atoms with Crippen molar-refractivity contribution in [3.63, 3.8) is 0 Å². The number of halogens is 2. The van der Waals surface area contributed by atoms with E-state index in [0.717, 1.165) is 5.56 Å². The number of carbonyl (C=O) groups excluding carboxylic acids is 1. The van der Waals surface area contributed by atoms with Gasteiger partial charge in [-0.1, -0.05) is 29.3 Å². The van der Waals surface area contributed by atoms with Gasteiger partial charge in [0.15, 0.2) is 5.11 Å². The van der Waals surface area contributed by atoms with Crippen LogP contribution in [0.15, 0.2) is 30.3 Å². The van der Waals surface area contributed by atoms with Gasteiger partial charge in [-0.25, -0.2) is 4.79 Å². The Morgan fingerprint density at radius 3 is 2.50 bits per heavy atom. The largest absolute Gasteiger partial charge is 0.494 e. The molecule has 0 radical (unpaired) electrons. The van der Waals surface area contributed by atoms with E-state index in [0.29, 0.717) is 5.69 Å². The summed E-state index contributed by atoms with van der Waals surface area (Å²) in [4.78, 5) is 23.5. The summed E-state index contributed by atoms with van der Waals surface area (Å²) in [6, 6.07) is 7.39. The predicted octanol–water partition coefficient (Wildman–Crippen LogP) is 4.14. The molecule has 1 amide bonds. The SMILES string of the molecule is COc1c(Cl)cc(Cl)cc1C(=O)NC(=S)Nc1cc(C(=O)O)ccc1C. The molecule has 136 valence electrons. The third-order valence-electron chi connectivity index (χ3n) is 3.42. The van der Waals surface area contributed by atoms with Crippen LogP contribution in [0.3, 0.4) is 0 Å². The Bertz CT molecular complexity index is 903. The number of hydrogen-bond donors (Lipinski definition) is 3. The number of amides is 1. The number of aromatic carboxylic acids is 1. The van der Waals surface area contributed by atoms with Crippen molar-refractivity contribution >= 4 is 58.1 Å². The van der Waals surface area contributed by atoms with Crippen LogP contribution in [0, 0.1) is 6.92 Å². The quantitative estimate of drug-likeness (QED) is 0.654. The second-order valence-corrected chi connectivity index (χ2v) is 6.46. The van der Waals surface area contributed by atoms with E-state index in [-0.39, 0.29) is 32.0 Å². The van der Waals surface area contributed by atoms with Crippen LogP contribution in [0.5, 0.6) is 5.75 Å². The van der Waals surface area contributed by atoms with Crippen molar-refractivity contribution in [1.29, 1.82) is 0 Å². The zero-order chi connectivity index (χ0) is 19.4. The molecule has 9 heteroatoms. The van der Waals surface area contributed by atoms with Crippen LogP contribution in [0.1, 0.15) is 26.3 Å². The van der Waals surface area contributed by atoms with E-state index in [1.165, 1.54) is 31.4 Å². The van der Waals surface area contributed by atoms with Gasteiger partial charge in [-0.05, 0) is 49.0 Å². The van der Waals surface area contributed by atoms with Gasteiger partial charge in [0.1, 0.15) is 5.75 Å². The third kappa shape index (κ3) is 4.63. The van der Waals surface area contributed by atoms with Crippen molar-refractivity contribution in [3.8, 4) is 5.75 Å². The summed E-state index contributed by atoms with van der Waals surface area (Å²) >= 11 is 17.1. The van der Waals surface area contributed by atoms with Crippen LogP contribution in [0.2, 0.25) is 10.0 Å². The molecule has 2 rings (SSSR count). The van der Waals surface area contributed by atoms with Crippen LogP contribution >= 0.6 is 35.4 Å². The molecule has 0 bridgehead atoms. The second kappa shape index (κ2) is 8.35. The van der Waals surface area contributed by atoms with Crippen LogP contribution in [0.25, 0.3) is 0 Å². The maximum atomic E-state index is 12.5. The Balaban J connectivity index is 2.20. The first kappa shape index (κ1) is 20.0. The summed E-state index contributed by atoms with van der Waals surface area (Å²) in [5, 5.41) is 14.8. The van der Waals surface area contributed by atoms with Crippen molar-refractivity contribution in [3.05, 3.63) is 57.1 Å². The highest BCUT2D eigenvalue weighted by Gasteiger charge is 2.18. The van der Waals surface area contributed by atoms with Crippen molar-refractivity contribution in [1.82, 2.24) is 5.32 Å². The van der Waals surface area contributed by atoms with Gasteiger partial charge in [-0.3, -0.25) is 10.1 Å². The molecule has 0 fully saturated rings. The molecule has 0 heterocycles. The first-order valence-electron chi connectivity index (χ1n) is 7.22. The first-order chi connectivity index (χ1) is 12.2. The smallest absolute Gasteiger partial charge is 0.335 e. The van der Waals surface area contributed by atoms with E-state index in [2.05, 4.69) is 10.6 Å². The number of ether oxygens (including phenoxy) is 1. The number of hydrogen-bond acceptors (Lipinski definition) is 4. The number of carbonyl (C=O) groups is 2. The summed E-state index contributed by atoms with van der Waals surface area (Å²) in [5.41, 5.74) is 1.43. The fraction of sp³-hybridized carbons (Fsp3) is 0.118. The highest BCUT2D eigenvalue weighted by molar-refractivity contribution is 7.80. The number of aryl methyl sites for hydroxylation is 1. The second-order valence-electron chi connectivity index (χ2n) is 5.21. The van der Waals surface area contributed by atoms with Gasteiger partial charge in [0.25, 0.3) is 5.91 Å². The Morgan fingerprint density at radius 2 is 1.88 bits per heavy atom. The van der Waals surface area contributed by atoms with Gasteiger partial charge in [0, 0.05) is 10.7 Å². The lowest BCUT2D eigenvalue weighted by Crippen LogP contribution is -2.34. The highest BCUT2D eigenvalue weighted by atomic mass is 35.5. The fourth-order valence-electron chi connectivity index (χ4n) is 2.15. The molecule has 0 atom stereocenters. The number of thiocarbonyl (C=S) groups is 1. The zero-order valence-electron chi connectivity index (χ0n) is 13.7. The number of carboxylic acids is 1. The number of anilines is 1. The molecule has 2 aromatic rings. The summed E-state index contributed by atoms with van der Waals surface area (Å²) in [6.07, 6.45) is 0. The molecule has 0 aliphatic rings. The van der Waals surface area contributed by atoms with Crippen LogP contribution in [0.4, 0.5) is 5.69 Å². The minimum absolute atomic E-state index is 0.0150. The Labute approximate surface area is 165 Å². The highest BCUT2D eigenvalue weighted by Crippen LogP contribution is 2.32. The number of carboxylic acid groups (broad SMARTS) is 1.